The molecular formula is C20H23NO7. The van der Waals surface area contributed by atoms with Crippen LogP contribution in [0, 0.1) is 0 Å². The predicted molar refractivity (Wildman–Crippen MR) is 103 cm³/mol. The molecule has 8 nitrogen and oxygen atoms in total. The maximum absolute atomic E-state index is 12.7. The lowest BCUT2D eigenvalue weighted by Gasteiger charge is -2.15. The number of nitrogens with one attached hydrogen (secondary N) is 1. The first-order valence-corrected chi connectivity index (χ1v) is 8.65. The standard InChI is InChI=1S/C20H23NO7/c1-5-27-15-8-7-12(9-18(15)28-6-2)19(22)21-14-11-17(26-4)16(25-3)10-13(14)20(23)24/h7-11H,5-6H2,1-4H3,(H,21,22)(H,23,24). The van der Waals surface area contributed by atoms with Crippen molar-refractivity contribution in [2.24, 2.45) is 0 Å². The molecular weight excluding hydrogens is 366 g/mol. The Bertz CT molecular complexity index is 864. The molecule has 0 aromatic heterocycles. The van der Waals surface area contributed by atoms with E-state index >= 15 is 0 Å². The fourth-order valence-electron chi connectivity index (χ4n) is 2.55. The minimum Gasteiger partial charge on any atom is -0.493 e. The molecule has 0 fully saturated rings. The molecule has 28 heavy (non-hydrogen) atoms. The molecule has 0 unspecified atom stereocenters. The van der Waals surface area contributed by atoms with Crippen LogP contribution in [-0.4, -0.2) is 44.4 Å². The lowest BCUT2D eigenvalue weighted by Crippen LogP contribution is -2.15. The predicted octanol–water partition coefficient (Wildman–Crippen LogP) is 3.45. The Hall–Kier alpha value is -3.42. The summed E-state index contributed by atoms with van der Waals surface area (Å²) in [7, 11) is 2.82. The number of hydrogen-bond acceptors (Lipinski definition) is 6. The first-order valence-electron chi connectivity index (χ1n) is 8.65. The molecule has 0 heterocycles. The summed E-state index contributed by atoms with van der Waals surface area (Å²) < 4.78 is 21.3. The van der Waals surface area contributed by atoms with Gasteiger partial charge >= 0.3 is 5.97 Å². The first-order chi connectivity index (χ1) is 13.4. The number of benzene rings is 2. The maximum Gasteiger partial charge on any atom is 0.337 e. The van der Waals surface area contributed by atoms with Crippen LogP contribution in [0.25, 0.3) is 0 Å². The SMILES string of the molecule is CCOc1ccc(C(=O)Nc2cc(OC)c(OC)cc2C(=O)O)cc1OCC. The highest BCUT2D eigenvalue weighted by Gasteiger charge is 2.19. The van der Waals surface area contributed by atoms with E-state index in [9.17, 15) is 14.7 Å². The zero-order valence-corrected chi connectivity index (χ0v) is 16.2. The number of ether oxygens (including phenoxy) is 4. The quantitative estimate of drug-likeness (QED) is 0.677. The average Bonchev–Trinajstić information content (AvgIpc) is 2.68. The fraction of sp³-hybridized carbons (Fsp3) is 0.300. The lowest BCUT2D eigenvalue weighted by molar-refractivity contribution is 0.0697. The van der Waals surface area contributed by atoms with Gasteiger partial charge in [-0.05, 0) is 32.0 Å². The van der Waals surface area contributed by atoms with Crippen LogP contribution in [-0.2, 0) is 0 Å². The number of carboxylic acids is 1. The molecule has 2 N–H and O–H groups in total. The van der Waals surface area contributed by atoms with Gasteiger partial charge in [-0.25, -0.2) is 4.79 Å². The summed E-state index contributed by atoms with van der Waals surface area (Å²) in [5.41, 5.74) is 0.252. The van der Waals surface area contributed by atoms with Gasteiger partial charge < -0.3 is 29.4 Å². The molecule has 2 aromatic carbocycles. The summed E-state index contributed by atoms with van der Waals surface area (Å²) in [6, 6.07) is 7.45. The minimum atomic E-state index is -1.21. The van der Waals surface area contributed by atoms with Gasteiger partial charge in [0.2, 0.25) is 0 Å². The third-order valence-corrected chi connectivity index (χ3v) is 3.81. The molecule has 0 radical (unpaired) electrons. The van der Waals surface area contributed by atoms with E-state index < -0.39 is 11.9 Å². The van der Waals surface area contributed by atoms with Crippen LogP contribution in [0.2, 0.25) is 0 Å². The van der Waals surface area contributed by atoms with Crippen molar-refractivity contribution in [3.63, 3.8) is 0 Å². The molecule has 0 aliphatic rings. The summed E-state index contributed by atoms with van der Waals surface area (Å²) in [5, 5.41) is 12.1. The zero-order chi connectivity index (χ0) is 20.7. The molecule has 0 bridgehead atoms. The zero-order valence-electron chi connectivity index (χ0n) is 16.2. The number of amides is 1. The minimum absolute atomic E-state index is 0.0852. The maximum atomic E-state index is 12.7. The molecule has 2 aromatic rings. The monoisotopic (exact) mass is 389 g/mol. The number of anilines is 1. The first kappa shape index (κ1) is 20.9. The van der Waals surface area contributed by atoms with Crippen LogP contribution < -0.4 is 24.3 Å². The number of aromatic carboxylic acids is 1. The van der Waals surface area contributed by atoms with Crippen LogP contribution in [0.3, 0.4) is 0 Å². The van der Waals surface area contributed by atoms with Crippen molar-refractivity contribution in [1.29, 1.82) is 0 Å². The normalized spacial score (nSPS) is 10.1. The Labute approximate surface area is 163 Å². The van der Waals surface area contributed by atoms with Crippen LogP contribution >= 0.6 is 0 Å². The molecule has 0 spiro atoms. The van der Waals surface area contributed by atoms with Crippen LogP contribution in [0.1, 0.15) is 34.6 Å². The summed E-state index contributed by atoms with van der Waals surface area (Å²) in [5.74, 6) is -0.209. The molecule has 150 valence electrons. The Morgan fingerprint density at radius 1 is 0.893 bits per heavy atom. The number of methoxy groups -OCH3 is 2. The molecule has 2 rings (SSSR count). The molecule has 0 atom stereocenters. The molecule has 0 aliphatic carbocycles. The van der Waals surface area contributed by atoms with Gasteiger partial charge in [0.05, 0.1) is 38.7 Å². The lowest BCUT2D eigenvalue weighted by atomic mass is 10.1. The molecule has 8 heteroatoms. The van der Waals surface area contributed by atoms with E-state index in [1.54, 1.807) is 18.2 Å². The highest BCUT2D eigenvalue weighted by Crippen LogP contribution is 2.34. The summed E-state index contributed by atoms with van der Waals surface area (Å²) in [6.45, 7) is 4.54. The Morgan fingerprint density at radius 2 is 1.50 bits per heavy atom. The second-order valence-corrected chi connectivity index (χ2v) is 5.54. The van der Waals surface area contributed by atoms with Gasteiger partial charge in [-0.3, -0.25) is 4.79 Å². The smallest absolute Gasteiger partial charge is 0.337 e. The molecule has 0 saturated carbocycles. The third-order valence-electron chi connectivity index (χ3n) is 3.81. The Morgan fingerprint density at radius 3 is 2.07 bits per heavy atom. The van der Waals surface area contributed by atoms with Crippen molar-refractivity contribution >= 4 is 17.6 Å². The van der Waals surface area contributed by atoms with Crippen LogP contribution in [0.5, 0.6) is 23.0 Å². The van der Waals surface area contributed by atoms with E-state index in [1.165, 1.54) is 26.4 Å². The Kier molecular flexibility index (Phi) is 7.08. The van der Waals surface area contributed by atoms with Crippen molar-refractivity contribution < 1.29 is 33.6 Å². The Balaban J connectivity index is 2.38. The van der Waals surface area contributed by atoms with E-state index in [2.05, 4.69) is 5.32 Å². The summed E-state index contributed by atoms with van der Waals surface area (Å²) in [4.78, 5) is 24.3. The summed E-state index contributed by atoms with van der Waals surface area (Å²) in [6.07, 6.45) is 0. The fourth-order valence-corrected chi connectivity index (χ4v) is 2.55. The van der Waals surface area contributed by atoms with Crippen LogP contribution in [0.4, 0.5) is 5.69 Å². The van der Waals surface area contributed by atoms with Crippen molar-refractivity contribution in [2.75, 3.05) is 32.8 Å². The van der Waals surface area contributed by atoms with Gasteiger partial charge in [0.15, 0.2) is 23.0 Å². The van der Waals surface area contributed by atoms with Crippen LogP contribution in [0.15, 0.2) is 30.3 Å². The van der Waals surface area contributed by atoms with E-state index in [0.29, 0.717) is 30.5 Å². The van der Waals surface area contributed by atoms with Crippen molar-refractivity contribution in [2.45, 2.75) is 13.8 Å². The van der Waals surface area contributed by atoms with E-state index in [1.807, 2.05) is 13.8 Å². The number of rotatable bonds is 9. The number of hydrogen-bond donors (Lipinski definition) is 2. The second-order valence-electron chi connectivity index (χ2n) is 5.54. The van der Waals surface area contributed by atoms with Gasteiger partial charge in [-0.2, -0.15) is 0 Å². The van der Waals surface area contributed by atoms with Crippen molar-refractivity contribution in [3.8, 4) is 23.0 Å². The van der Waals surface area contributed by atoms with Gasteiger partial charge in [0.1, 0.15) is 0 Å². The molecule has 0 aliphatic heterocycles. The highest BCUT2D eigenvalue weighted by molar-refractivity contribution is 6.08. The van der Waals surface area contributed by atoms with E-state index in [0.717, 1.165) is 0 Å². The number of carboxylic acid groups (broad SMARTS) is 1. The van der Waals surface area contributed by atoms with Gasteiger partial charge in [-0.15, -0.1) is 0 Å². The molecule has 1 amide bonds. The number of carbonyl (C=O) groups excluding carboxylic acids is 1. The third kappa shape index (κ3) is 4.64. The van der Waals surface area contributed by atoms with E-state index in [-0.39, 0.29) is 22.6 Å². The highest BCUT2D eigenvalue weighted by atomic mass is 16.5. The largest absolute Gasteiger partial charge is 0.493 e. The summed E-state index contributed by atoms with van der Waals surface area (Å²) >= 11 is 0. The van der Waals surface area contributed by atoms with Crippen molar-refractivity contribution in [3.05, 3.63) is 41.5 Å². The van der Waals surface area contributed by atoms with Gasteiger partial charge in [0.25, 0.3) is 5.91 Å². The second kappa shape index (κ2) is 9.50. The average molecular weight is 389 g/mol. The van der Waals surface area contributed by atoms with Gasteiger partial charge in [0, 0.05) is 17.7 Å². The van der Waals surface area contributed by atoms with E-state index in [4.69, 9.17) is 18.9 Å². The van der Waals surface area contributed by atoms with Crippen molar-refractivity contribution in [1.82, 2.24) is 0 Å². The molecule has 0 saturated heterocycles. The number of carbonyl (C=O) groups is 2. The topological polar surface area (TPSA) is 103 Å². The van der Waals surface area contributed by atoms with Gasteiger partial charge in [-0.1, -0.05) is 0 Å².